The Kier molecular flexibility index (Phi) is 8.32. The van der Waals surface area contributed by atoms with E-state index in [9.17, 15) is 0 Å². The summed E-state index contributed by atoms with van der Waals surface area (Å²) < 4.78 is 2.49. The number of hydrogen-bond donors (Lipinski definition) is 0. The van der Waals surface area contributed by atoms with E-state index in [1.54, 1.807) is 12.4 Å². The average Bonchev–Trinajstić information content (AvgIpc) is 3.74. The van der Waals surface area contributed by atoms with E-state index >= 15 is 0 Å². The minimum absolute atomic E-state index is 0.806. The summed E-state index contributed by atoms with van der Waals surface area (Å²) in [5.74, 6) is 0. The molecule has 0 aliphatic heterocycles. The first-order valence-electron chi connectivity index (χ1n) is 20.4. The molecule has 0 saturated carbocycles. The maximum atomic E-state index is 5.59. The molecule has 0 atom stereocenters. The predicted molar refractivity (Wildman–Crippen MR) is 256 cm³/mol. The van der Waals surface area contributed by atoms with Gasteiger partial charge in [-0.25, -0.2) is 9.97 Å². The van der Waals surface area contributed by atoms with Crippen LogP contribution < -0.4 is 0 Å². The first kappa shape index (κ1) is 35.1. The summed E-state index contributed by atoms with van der Waals surface area (Å²) in [6, 6.07) is 69.0. The third-order valence-corrected chi connectivity index (χ3v) is 12.9. The van der Waals surface area contributed by atoms with Crippen LogP contribution in [0.5, 0.6) is 0 Å². The van der Waals surface area contributed by atoms with Crippen LogP contribution in [0.15, 0.2) is 207 Å². The van der Waals surface area contributed by atoms with Crippen LogP contribution in [0.1, 0.15) is 0 Å². The molecule has 0 saturated heterocycles. The van der Waals surface area contributed by atoms with Crippen LogP contribution in [0.2, 0.25) is 0 Å². The molecule has 12 aromatic rings. The molecule has 12 rings (SSSR count). The summed E-state index contributed by atoms with van der Waals surface area (Å²) in [4.78, 5) is 19.8. The molecular formula is C56H34N4S. The summed E-state index contributed by atoms with van der Waals surface area (Å²) in [5.41, 5.74) is 13.1. The van der Waals surface area contributed by atoms with Crippen LogP contribution in [-0.2, 0) is 0 Å². The number of benzene rings is 7. The van der Waals surface area contributed by atoms with Crippen molar-refractivity contribution in [3.63, 3.8) is 0 Å². The van der Waals surface area contributed by atoms with Crippen molar-refractivity contribution in [3.05, 3.63) is 207 Å². The Morgan fingerprint density at radius 1 is 0.344 bits per heavy atom. The van der Waals surface area contributed by atoms with Gasteiger partial charge < -0.3 is 0 Å². The molecule has 61 heavy (non-hydrogen) atoms. The Labute approximate surface area is 356 Å². The lowest BCUT2D eigenvalue weighted by Crippen LogP contribution is -1.94. The number of hydrogen-bond acceptors (Lipinski definition) is 5. The first-order chi connectivity index (χ1) is 30.2. The summed E-state index contributed by atoms with van der Waals surface area (Å²) in [5, 5.41) is 8.63. The van der Waals surface area contributed by atoms with Gasteiger partial charge >= 0.3 is 0 Å². The van der Waals surface area contributed by atoms with Gasteiger partial charge in [-0.1, -0.05) is 127 Å². The Morgan fingerprint density at radius 2 is 0.918 bits per heavy atom. The lowest BCUT2D eigenvalue weighted by molar-refractivity contribution is 1.22. The number of pyridine rings is 4. The molecule has 5 heterocycles. The van der Waals surface area contributed by atoms with Gasteiger partial charge in [0.25, 0.3) is 0 Å². The van der Waals surface area contributed by atoms with Gasteiger partial charge in [-0.15, -0.1) is 11.3 Å². The van der Waals surface area contributed by atoms with Gasteiger partial charge in [0.2, 0.25) is 0 Å². The molecule has 4 nitrogen and oxygen atoms in total. The molecule has 0 aliphatic rings. The summed E-state index contributed by atoms with van der Waals surface area (Å²) in [6.07, 6.45) is 3.61. The maximum absolute atomic E-state index is 5.59. The second-order valence-electron chi connectivity index (χ2n) is 15.4. The van der Waals surface area contributed by atoms with Crippen LogP contribution >= 0.6 is 11.3 Å². The molecule has 0 fully saturated rings. The number of thiophene rings is 1. The molecule has 5 heteroatoms. The molecule has 0 N–H and O–H groups in total. The van der Waals surface area contributed by atoms with Crippen LogP contribution in [0.25, 0.3) is 120 Å². The van der Waals surface area contributed by atoms with E-state index in [0.717, 1.165) is 72.9 Å². The quantitative estimate of drug-likeness (QED) is 0.157. The highest BCUT2D eigenvalue weighted by Crippen LogP contribution is 2.46. The average molecular weight is 795 g/mol. The van der Waals surface area contributed by atoms with Crippen LogP contribution in [0.3, 0.4) is 0 Å². The van der Waals surface area contributed by atoms with E-state index in [2.05, 4.69) is 168 Å². The van der Waals surface area contributed by atoms with E-state index in [0.29, 0.717) is 0 Å². The Hall–Kier alpha value is -7.86. The number of rotatable bonds is 6. The van der Waals surface area contributed by atoms with Gasteiger partial charge in [-0.2, -0.15) is 0 Å². The number of nitrogens with zero attached hydrogens (tertiary/aromatic N) is 4. The topological polar surface area (TPSA) is 51.6 Å². The maximum Gasteiger partial charge on any atom is 0.0900 e. The fraction of sp³-hybridized carbons (Fsp3) is 0. The Balaban J connectivity index is 0.988. The normalized spacial score (nSPS) is 11.6. The third kappa shape index (κ3) is 6.14. The standard InChI is InChI=1S/C56H34N4S/c1-2-18-42-40(13-1)31-47(44-20-4-3-19-43(42)44)55-56-54(46-21-5-6-24-53(46)61-56)45-26-25-39(32-50(45)60-55)37-16-11-14-35(29-37)36-15-12-17-38(30-36)41-33-51(48-22-7-9-27-57-48)59-52(34-41)49-23-8-10-28-58-49/h1-34H. The lowest BCUT2D eigenvalue weighted by Gasteiger charge is -2.14. The van der Waals surface area contributed by atoms with E-state index in [1.807, 2.05) is 47.7 Å². The van der Waals surface area contributed by atoms with E-state index in [-0.39, 0.29) is 0 Å². The summed E-state index contributed by atoms with van der Waals surface area (Å²) >= 11 is 1.84. The highest BCUT2D eigenvalue weighted by molar-refractivity contribution is 7.26. The zero-order valence-corrected chi connectivity index (χ0v) is 33.6. The van der Waals surface area contributed by atoms with Gasteiger partial charge in [0.15, 0.2) is 0 Å². The third-order valence-electron chi connectivity index (χ3n) is 11.7. The zero-order chi connectivity index (χ0) is 40.3. The van der Waals surface area contributed by atoms with Gasteiger partial charge in [-0.3, -0.25) is 9.97 Å². The van der Waals surface area contributed by atoms with Crippen molar-refractivity contribution in [2.24, 2.45) is 0 Å². The largest absolute Gasteiger partial charge is 0.255 e. The summed E-state index contributed by atoms with van der Waals surface area (Å²) in [7, 11) is 0. The highest BCUT2D eigenvalue weighted by atomic mass is 32.1. The molecule has 0 unspecified atom stereocenters. The van der Waals surface area contributed by atoms with Gasteiger partial charge in [0.1, 0.15) is 0 Å². The molecule has 7 aromatic carbocycles. The second kappa shape index (κ2) is 14.5. The van der Waals surface area contributed by atoms with Crippen molar-refractivity contribution < 1.29 is 0 Å². The first-order valence-corrected chi connectivity index (χ1v) is 21.3. The predicted octanol–water partition coefficient (Wildman–Crippen LogP) is 15.1. The van der Waals surface area contributed by atoms with E-state index in [4.69, 9.17) is 9.97 Å². The van der Waals surface area contributed by atoms with Crippen molar-refractivity contribution in [2.45, 2.75) is 0 Å². The fourth-order valence-corrected chi connectivity index (χ4v) is 10.1. The number of aromatic nitrogens is 4. The smallest absolute Gasteiger partial charge is 0.0900 e. The molecule has 0 aliphatic carbocycles. The Morgan fingerprint density at radius 3 is 1.59 bits per heavy atom. The minimum atomic E-state index is 0.806. The lowest BCUT2D eigenvalue weighted by atomic mass is 9.93. The van der Waals surface area contributed by atoms with Crippen LogP contribution in [0, 0.1) is 0 Å². The Bertz CT molecular complexity index is 3590. The fourth-order valence-electron chi connectivity index (χ4n) is 8.84. The van der Waals surface area contributed by atoms with Crippen LogP contribution in [0.4, 0.5) is 0 Å². The molecular weight excluding hydrogens is 761 g/mol. The van der Waals surface area contributed by atoms with Crippen molar-refractivity contribution >= 4 is 64.0 Å². The monoisotopic (exact) mass is 794 g/mol. The van der Waals surface area contributed by atoms with Crippen molar-refractivity contribution in [3.8, 4) is 67.4 Å². The molecule has 284 valence electrons. The summed E-state index contributed by atoms with van der Waals surface area (Å²) in [6.45, 7) is 0. The van der Waals surface area contributed by atoms with Gasteiger partial charge in [0.05, 0.1) is 38.7 Å². The van der Waals surface area contributed by atoms with Crippen LogP contribution in [-0.4, -0.2) is 19.9 Å². The van der Waals surface area contributed by atoms with Crippen molar-refractivity contribution in [2.75, 3.05) is 0 Å². The highest BCUT2D eigenvalue weighted by Gasteiger charge is 2.19. The zero-order valence-electron chi connectivity index (χ0n) is 32.8. The molecule has 0 amide bonds. The SMILES string of the molecule is c1ccc(-c2cc(-c3cccc(-c4cccc(-c5ccc6c(c5)nc(-c5cc7ccccc7c7ccccc57)c5sc7ccccc7c56)c4)c3)cc(-c3ccccn3)n2)nc1. The second-order valence-corrected chi connectivity index (χ2v) is 16.5. The molecule has 5 aromatic heterocycles. The van der Waals surface area contributed by atoms with Gasteiger partial charge in [0, 0.05) is 38.8 Å². The molecule has 0 spiro atoms. The van der Waals surface area contributed by atoms with E-state index < -0.39 is 0 Å². The van der Waals surface area contributed by atoms with Crippen molar-refractivity contribution in [1.29, 1.82) is 0 Å². The van der Waals surface area contributed by atoms with E-state index in [1.165, 1.54) is 47.1 Å². The van der Waals surface area contributed by atoms with Crippen molar-refractivity contribution in [1.82, 2.24) is 19.9 Å². The minimum Gasteiger partial charge on any atom is -0.255 e. The van der Waals surface area contributed by atoms with Gasteiger partial charge in [-0.05, 0) is 122 Å². The number of fused-ring (bicyclic) bond motifs is 8. The molecule has 0 bridgehead atoms. The molecule has 0 radical (unpaired) electrons.